The number of hydrogen-bond acceptors (Lipinski definition) is 4. The van der Waals surface area contributed by atoms with Crippen LogP contribution in [0.3, 0.4) is 0 Å². The molecule has 0 spiro atoms. The second-order valence-corrected chi connectivity index (χ2v) is 7.88. The molecule has 0 saturated carbocycles. The topological polar surface area (TPSA) is 118 Å². The number of para-hydroxylation sites is 2. The molecule has 0 aliphatic heterocycles. The fourth-order valence-corrected chi connectivity index (χ4v) is 3.39. The maximum atomic E-state index is 14.0. The first-order valence-corrected chi connectivity index (χ1v) is 10.0. The fraction of sp³-hybridized carbons (Fsp3) is 0. The van der Waals surface area contributed by atoms with E-state index in [2.05, 4.69) is 15.3 Å². The Morgan fingerprint density at radius 3 is 2.45 bits per heavy atom. The highest BCUT2D eigenvalue weighted by molar-refractivity contribution is 7.89. The van der Waals surface area contributed by atoms with Crippen molar-refractivity contribution in [1.82, 2.24) is 9.97 Å². The number of carbonyl (C=O) groups excluding carboxylic acids is 1. The van der Waals surface area contributed by atoms with E-state index < -0.39 is 27.3 Å². The van der Waals surface area contributed by atoms with Crippen LogP contribution in [-0.4, -0.2) is 24.3 Å². The van der Waals surface area contributed by atoms with Crippen LogP contribution in [0.15, 0.2) is 71.6 Å². The van der Waals surface area contributed by atoms with E-state index in [-0.39, 0.29) is 4.90 Å². The molecule has 1 heterocycles. The first kappa shape index (κ1) is 18.8. The molecule has 4 aromatic rings. The summed E-state index contributed by atoms with van der Waals surface area (Å²) in [6, 6.07) is 17.2. The minimum Gasteiger partial charge on any atom is -0.338 e. The molecule has 4 rings (SSSR count). The van der Waals surface area contributed by atoms with Crippen molar-refractivity contribution >= 4 is 32.7 Å². The van der Waals surface area contributed by atoms with E-state index in [0.717, 1.165) is 34.8 Å². The van der Waals surface area contributed by atoms with Crippen molar-refractivity contribution in [2.45, 2.75) is 4.90 Å². The molecule has 0 aliphatic carbocycles. The molecular formula is C20H15FN4O3S. The molecule has 146 valence electrons. The minimum absolute atomic E-state index is 0.343. The minimum atomic E-state index is -4.05. The number of imidazole rings is 1. The van der Waals surface area contributed by atoms with Crippen LogP contribution in [-0.2, 0) is 10.0 Å². The SMILES string of the molecule is NS(=O)(=O)c1ccc(F)c(C(=O)Nc2ccc(-c3nc4ccccc4[nH]3)cc2)c1. The van der Waals surface area contributed by atoms with Crippen LogP contribution in [0.25, 0.3) is 22.4 Å². The van der Waals surface area contributed by atoms with Crippen molar-refractivity contribution < 1.29 is 17.6 Å². The average molecular weight is 410 g/mol. The summed E-state index contributed by atoms with van der Waals surface area (Å²) in [6.07, 6.45) is 0. The predicted octanol–water partition coefficient (Wildman–Crippen LogP) is 3.27. The van der Waals surface area contributed by atoms with Gasteiger partial charge in [-0.1, -0.05) is 12.1 Å². The molecule has 29 heavy (non-hydrogen) atoms. The van der Waals surface area contributed by atoms with Crippen molar-refractivity contribution in [3.63, 3.8) is 0 Å². The number of nitrogens with one attached hydrogen (secondary N) is 2. The zero-order chi connectivity index (χ0) is 20.6. The third kappa shape index (κ3) is 3.86. The van der Waals surface area contributed by atoms with Gasteiger partial charge in [0.15, 0.2) is 0 Å². The van der Waals surface area contributed by atoms with Gasteiger partial charge in [0, 0.05) is 11.3 Å². The van der Waals surface area contributed by atoms with Crippen molar-refractivity contribution in [3.8, 4) is 11.4 Å². The third-order valence-electron chi connectivity index (χ3n) is 4.32. The average Bonchev–Trinajstić information content (AvgIpc) is 3.12. The number of rotatable bonds is 4. The smallest absolute Gasteiger partial charge is 0.258 e. The molecule has 0 radical (unpaired) electrons. The van der Waals surface area contributed by atoms with Gasteiger partial charge >= 0.3 is 0 Å². The summed E-state index contributed by atoms with van der Waals surface area (Å²) in [4.78, 5) is 19.8. The normalized spacial score (nSPS) is 11.5. The number of benzene rings is 3. The molecule has 4 N–H and O–H groups in total. The van der Waals surface area contributed by atoms with E-state index in [1.165, 1.54) is 0 Å². The van der Waals surface area contributed by atoms with Crippen molar-refractivity contribution in [1.29, 1.82) is 0 Å². The molecule has 0 fully saturated rings. The molecule has 1 aromatic heterocycles. The number of halogens is 1. The van der Waals surface area contributed by atoms with Crippen LogP contribution in [0, 0.1) is 5.82 Å². The van der Waals surface area contributed by atoms with E-state index in [9.17, 15) is 17.6 Å². The monoisotopic (exact) mass is 410 g/mol. The number of H-pyrrole nitrogens is 1. The number of aromatic amines is 1. The molecule has 0 atom stereocenters. The maximum Gasteiger partial charge on any atom is 0.258 e. The number of aromatic nitrogens is 2. The second-order valence-electron chi connectivity index (χ2n) is 6.32. The van der Waals surface area contributed by atoms with Gasteiger partial charge in [-0.3, -0.25) is 4.79 Å². The van der Waals surface area contributed by atoms with Gasteiger partial charge in [0.05, 0.1) is 21.5 Å². The molecule has 3 aromatic carbocycles. The van der Waals surface area contributed by atoms with Gasteiger partial charge in [0.1, 0.15) is 11.6 Å². The number of amides is 1. The molecule has 0 saturated heterocycles. The van der Waals surface area contributed by atoms with E-state index in [4.69, 9.17) is 5.14 Å². The van der Waals surface area contributed by atoms with E-state index >= 15 is 0 Å². The highest BCUT2D eigenvalue weighted by Gasteiger charge is 2.17. The maximum absolute atomic E-state index is 14.0. The van der Waals surface area contributed by atoms with Crippen LogP contribution in [0.1, 0.15) is 10.4 Å². The number of nitrogens with two attached hydrogens (primary N) is 1. The lowest BCUT2D eigenvalue weighted by Crippen LogP contribution is -2.17. The van der Waals surface area contributed by atoms with Gasteiger partial charge in [-0.15, -0.1) is 0 Å². The number of fused-ring (bicyclic) bond motifs is 1. The number of primary sulfonamides is 1. The Hall–Kier alpha value is -3.56. The number of nitrogens with zero attached hydrogens (tertiary/aromatic N) is 1. The van der Waals surface area contributed by atoms with Gasteiger partial charge in [-0.2, -0.15) is 0 Å². The third-order valence-corrected chi connectivity index (χ3v) is 5.23. The van der Waals surface area contributed by atoms with E-state index in [1.807, 2.05) is 24.3 Å². The van der Waals surface area contributed by atoms with Gasteiger partial charge in [-0.25, -0.2) is 22.9 Å². The van der Waals surface area contributed by atoms with Crippen LogP contribution in [0.2, 0.25) is 0 Å². The van der Waals surface area contributed by atoms with E-state index in [1.54, 1.807) is 24.3 Å². The standard InChI is InChI=1S/C20H15FN4O3S/c21-16-10-9-14(29(22,27)28)11-15(16)20(26)23-13-7-5-12(6-8-13)19-24-17-3-1-2-4-18(17)25-19/h1-11H,(H,23,26)(H,24,25)(H2,22,27,28). The quantitative estimate of drug-likeness (QED) is 0.478. The Morgan fingerprint density at radius 1 is 1.03 bits per heavy atom. The lowest BCUT2D eigenvalue weighted by molar-refractivity contribution is 0.102. The lowest BCUT2D eigenvalue weighted by Gasteiger charge is -2.08. The molecule has 0 aliphatic rings. The Morgan fingerprint density at radius 2 is 1.76 bits per heavy atom. The summed E-state index contributed by atoms with van der Waals surface area (Å²) in [6.45, 7) is 0. The number of hydrogen-bond donors (Lipinski definition) is 3. The Balaban J connectivity index is 1.57. The highest BCUT2D eigenvalue weighted by Crippen LogP contribution is 2.23. The zero-order valence-electron chi connectivity index (χ0n) is 14.9. The largest absolute Gasteiger partial charge is 0.338 e. The Kier molecular flexibility index (Phi) is 4.61. The number of carbonyl (C=O) groups is 1. The second kappa shape index (κ2) is 7.12. The van der Waals surface area contributed by atoms with Crippen LogP contribution < -0.4 is 10.5 Å². The van der Waals surface area contributed by atoms with Crippen LogP contribution in [0.4, 0.5) is 10.1 Å². The molecule has 0 bridgehead atoms. The summed E-state index contributed by atoms with van der Waals surface area (Å²) in [5, 5.41) is 7.58. The predicted molar refractivity (Wildman–Crippen MR) is 107 cm³/mol. The first-order valence-electron chi connectivity index (χ1n) is 8.50. The number of sulfonamides is 1. The first-order chi connectivity index (χ1) is 13.8. The van der Waals surface area contributed by atoms with Gasteiger partial charge in [0.25, 0.3) is 5.91 Å². The van der Waals surface area contributed by atoms with Crippen LogP contribution in [0.5, 0.6) is 0 Å². The van der Waals surface area contributed by atoms with Gasteiger partial charge in [0.2, 0.25) is 10.0 Å². The van der Waals surface area contributed by atoms with Crippen molar-refractivity contribution in [3.05, 3.63) is 78.1 Å². The van der Waals surface area contributed by atoms with Gasteiger partial charge < -0.3 is 10.3 Å². The summed E-state index contributed by atoms with van der Waals surface area (Å²) in [5.74, 6) is -0.964. The Bertz CT molecular complexity index is 1300. The summed E-state index contributed by atoms with van der Waals surface area (Å²) in [5.41, 5.74) is 2.55. The Labute approximate surface area is 165 Å². The van der Waals surface area contributed by atoms with Crippen LogP contribution >= 0.6 is 0 Å². The van der Waals surface area contributed by atoms with Crippen molar-refractivity contribution in [2.24, 2.45) is 5.14 Å². The number of anilines is 1. The molecule has 7 nitrogen and oxygen atoms in total. The molecule has 1 amide bonds. The van der Waals surface area contributed by atoms with E-state index in [0.29, 0.717) is 11.5 Å². The molecule has 0 unspecified atom stereocenters. The fourth-order valence-electron chi connectivity index (χ4n) is 2.85. The summed E-state index contributed by atoms with van der Waals surface area (Å²) >= 11 is 0. The van der Waals surface area contributed by atoms with Crippen molar-refractivity contribution in [2.75, 3.05) is 5.32 Å². The molecular weight excluding hydrogens is 395 g/mol. The molecule has 9 heteroatoms. The van der Waals surface area contributed by atoms with Gasteiger partial charge in [-0.05, 0) is 54.6 Å². The summed E-state index contributed by atoms with van der Waals surface area (Å²) < 4.78 is 36.8. The summed E-state index contributed by atoms with van der Waals surface area (Å²) in [7, 11) is -4.05. The lowest BCUT2D eigenvalue weighted by atomic mass is 10.1. The zero-order valence-corrected chi connectivity index (χ0v) is 15.7. The highest BCUT2D eigenvalue weighted by atomic mass is 32.2.